The zero-order valence-electron chi connectivity index (χ0n) is 21.3. The molecule has 4 rings (SSSR count). The van der Waals surface area contributed by atoms with Gasteiger partial charge in [-0.15, -0.1) is 11.3 Å². The number of hydrogen-bond donors (Lipinski definition) is 1. The first-order chi connectivity index (χ1) is 17.4. The molecule has 0 bridgehead atoms. The van der Waals surface area contributed by atoms with Crippen LogP contribution in [0.25, 0.3) is 22.4 Å². The zero-order valence-corrected chi connectivity index (χ0v) is 23.0. The summed E-state index contributed by atoms with van der Waals surface area (Å²) in [5, 5.41) is 5.18. The first kappa shape index (κ1) is 26.4. The van der Waals surface area contributed by atoms with Crippen molar-refractivity contribution in [3.63, 3.8) is 0 Å². The van der Waals surface area contributed by atoms with Crippen molar-refractivity contribution in [1.29, 1.82) is 0 Å². The maximum absolute atomic E-state index is 12.6. The molecule has 10 heteroatoms. The van der Waals surface area contributed by atoms with E-state index in [1.54, 1.807) is 13.8 Å². The molecule has 8 nitrogen and oxygen atoms in total. The molecule has 0 saturated carbocycles. The van der Waals surface area contributed by atoms with Gasteiger partial charge in [-0.05, 0) is 62.6 Å². The number of Topliss-reactive ketones (excluding diaryl/α,β-unsaturated/α-hetero) is 1. The number of amides is 1. The van der Waals surface area contributed by atoms with E-state index in [-0.39, 0.29) is 24.3 Å². The quantitative estimate of drug-likeness (QED) is 0.360. The van der Waals surface area contributed by atoms with Gasteiger partial charge in [-0.3, -0.25) is 14.6 Å². The van der Waals surface area contributed by atoms with Crippen molar-refractivity contribution in [3.05, 3.63) is 81.2 Å². The fourth-order valence-electron chi connectivity index (χ4n) is 4.13. The van der Waals surface area contributed by atoms with E-state index in [0.29, 0.717) is 16.3 Å². The Labute approximate surface area is 220 Å². The van der Waals surface area contributed by atoms with Crippen LogP contribution in [0.4, 0.5) is 0 Å². The third-order valence-electron chi connectivity index (χ3n) is 6.04. The molecule has 0 radical (unpaired) electrons. The van der Waals surface area contributed by atoms with Crippen molar-refractivity contribution < 1.29 is 18.0 Å². The van der Waals surface area contributed by atoms with Crippen LogP contribution in [0.5, 0.6) is 0 Å². The normalized spacial score (nSPS) is 11.5. The summed E-state index contributed by atoms with van der Waals surface area (Å²) < 4.78 is 24.9. The Kier molecular flexibility index (Phi) is 7.42. The van der Waals surface area contributed by atoms with Crippen LogP contribution in [-0.4, -0.2) is 46.8 Å². The summed E-state index contributed by atoms with van der Waals surface area (Å²) in [4.78, 5) is 34.2. The minimum absolute atomic E-state index is 0.0930. The van der Waals surface area contributed by atoms with Crippen LogP contribution in [0.15, 0.2) is 48.0 Å². The molecule has 1 N–H and O–H groups in total. The second-order valence-corrected chi connectivity index (χ2v) is 11.9. The highest BCUT2D eigenvalue weighted by Gasteiger charge is 2.20. The van der Waals surface area contributed by atoms with Gasteiger partial charge in [0.2, 0.25) is 10.0 Å². The number of thiazole rings is 1. The van der Waals surface area contributed by atoms with E-state index in [4.69, 9.17) is 0 Å². The summed E-state index contributed by atoms with van der Waals surface area (Å²) >= 11 is 1.40. The molecule has 0 unspecified atom stereocenters. The zero-order chi connectivity index (χ0) is 26.9. The molecule has 0 aliphatic heterocycles. The van der Waals surface area contributed by atoms with Crippen LogP contribution in [-0.2, 0) is 21.2 Å². The Morgan fingerprint density at radius 3 is 2.30 bits per heavy atom. The number of nitrogens with zero attached hydrogens (tertiary/aromatic N) is 3. The van der Waals surface area contributed by atoms with Crippen molar-refractivity contribution in [2.24, 2.45) is 0 Å². The Morgan fingerprint density at radius 2 is 1.65 bits per heavy atom. The van der Waals surface area contributed by atoms with Crippen molar-refractivity contribution in [1.82, 2.24) is 19.3 Å². The lowest BCUT2D eigenvalue weighted by Gasteiger charge is -2.06. The van der Waals surface area contributed by atoms with Crippen LogP contribution in [0.1, 0.15) is 38.0 Å². The minimum Gasteiger partial charge on any atom is -0.345 e. The van der Waals surface area contributed by atoms with Crippen molar-refractivity contribution >= 4 is 33.1 Å². The number of ketones is 1. The lowest BCUT2D eigenvalue weighted by Crippen LogP contribution is -2.30. The standard InChI is InChI=1S/C27H28N4O4S2/c1-16-9-22(10-17(2)29-16)20-7-6-8-21(11-20)25-15-36-26(30-25)12-23(32)13-28-27(33)24-14-31(37(5,34)35)19(4)18(24)3/h6-11,14-15H,12-13H2,1-5H3,(H,28,33). The van der Waals surface area contributed by atoms with Gasteiger partial charge in [-0.1, -0.05) is 18.2 Å². The third-order valence-corrected chi connectivity index (χ3v) is 7.99. The third kappa shape index (κ3) is 6.03. The molecule has 1 aromatic carbocycles. The second-order valence-electron chi connectivity index (χ2n) is 9.06. The van der Waals surface area contributed by atoms with Gasteiger partial charge >= 0.3 is 0 Å². The van der Waals surface area contributed by atoms with E-state index >= 15 is 0 Å². The highest BCUT2D eigenvalue weighted by atomic mass is 32.2. The van der Waals surface area contributed by atoms with E-state index in [0.717, 1.165) is 44.0 Å². The van der Waals surface area contributed by atoms with E-state index in [1.165, 1.54) is 17.5 Å². The molecule has 0 atom stereocenters. The number of nitrogens with one attached hydrogen (secondary N) is 1. The highest BCUT2D eigenvalue weighted by Crippen LogP contribution is 2.28. The Hall–Kier alpha value is -3.63. The molecular weight excluding hydrogens is 508 g/mol. The molecule has 0 aliphatic carbocycles. The van der Waals surface area contributed by atoms with Gasteiger partial charge in [0.25, 0.3) is 5.91 Å². The lowest BCUT2D eigenvalue weighted by molar-refractivity contribution is -0.117. The lowest BCUT2D eigenvalue weighted by atomic mass is 10.0. The number of hydrogen-bond acceptors (Lipinski definition) is 7. The van der Waals surface area contributed by atoms with Crippen LogP contribution >= 0.6 is 11.3 Å². The Balaban J connectivity index is 1.41. The number of pyridine rings is 1. The monoisotopic (exact) mass is 536 g/mol. The largest absolute Gasteiger partial charge is 0.345 e. The molecule has 0 aliphatic rings. The number of benzene rings is 1. The van der Waals surface area contributed by atoms with Gasteiger partial charge in [0.15, 0.2) is 5.78 Å². The molecule has 1 amide bonds. The maximum Gasteiger partial charge on any atom is 0.253 e. The van der Waals surface area contributed by atoms with Gasteiger partial charge in [-0.25, -0.2) is 17.4 Å². The van der Waals surface area contributed by atoms with Gasteiger partial charge in [0.05, 0.1) is 30.5 Å². The average molecular weight is 537 g/mol. The number of aromatic nitrogens is 3. The summed E-state index contributed by atoms with van der Waals surface area (Å²) in [7, 11) is -3.52. The molecule has 3 heterocycles. The topological polar surface area (TPSA) is 111 Å². The summed E-state index contributed by atoms with van der Waals surface area (Å²) in [5.74, 6) is -0.683. The predicted octanol–water partition coefficient (Wildman–Crippen LogP) is 4.26. The molecule has 192 valence electrons. The Bertz CT molecular complexity index is 1600. The van der Waals surface area contributed by atoms with Gasteiger partial charge in [-0.2, -0.15) is 0 Å². The molecular formula is C27H28N4O4S2. The van der Waals surface area contributed by atoms with E-state index in [2.05, 4.69) is 21.4 Å². The smallest absolute Gasteiger partial charge is 0.253 e. The van der Waals surface area contributed by atoms with Gasteiger partial charge in [0, 0.05) is 34.2 Å². The summed E-state index contributed by atoms with van der Waals surface area (Å²) in [6.07, 6.45) is 2.45. The van der Waals surface area contributed by atoms with E-state index < -0.39 is 15.9 Å². The number of rotatable bonds is 8. The molecule has 0 spiro atoms. The number of carbonyl (C=O) groups excluding carboxylic acids is 2. The predicted molar refractivity (Wildman–Crippen MR) is 145 cm³/mol. The van der Waals surface area contributed by atoms with Crippen LogP contribution in [0.2, 0.25) is 0 Å². The van der Waals surface area contributed by atoms with Gasteiger partial charge < -0.3 is 5.32 Å². The fraction of sp³-hybridized carbons (Fsp3) is 0.259. The molecule has 0 saturated heterocycles. The van der Waals surface area contributed by atoms with E-state index in [1.807, 2.05) is 49.6 Å². The highest BCUT2D eigenvalue weighted by molar-refractivity contribution is 7.89. The first-order valence-electron chi connectivity index (χ1n) is 11.6. The maximum atomic E-state index is 12.6. The second kappa shape index (κ2) is 10.4. The summed E-state index contributed by atoms with van der Waals surface area (Å²) in [6, 6.07) is 12.2. The molecule has 4 aromatic rings. The fourth-order valence-corrected chi connectivity index (χ4v) is 5.90. The van der Waals surface area contributed by atoms with Crippen molar-refractivity contribution in [2.45, 2.75) is 34.1 Å². The summed E-state index contributed by atoms with van der Waals surface area (Å²) in [6.45, 7) is 7.08. The summed E-state index contributed by atoms with van der Waals surface area (Å²) in [5.41, 5.74) is 7.06. The van der Waals surface area contributed by atoms with Crippen molar-refractivity contribution in [3.8, 4) is 22.4 Å². The molecule has 37 heavy (non-hydrogen) atoms. The SMILES string of the molecule is Cc1cc(-c2cccc(-c3csc(CC(=O)CNC(=O)c4cn(S(C)(=O)=O)c(C)c4C)n3)c2)cc(C)n1. The van der Waals surface area contributed by atoms with Gasteiger partial charge in [0.1, 0.15) is 5.01 Å². The van der Waals surface area contributed by atoms with Crippen LogP contribution in [0, 0.1) is 27.7 Å². The molecule has 3 aromatic heterocycles. The Morgan fingerprint density at radius 1 is 0.973 bits per heavy atom. The minimum atomic E-state index is -3.52. The van der Waals surface area contributed by atoms with Crippen LogP contribution in [0.3, 0.4) is 0 Å². The average Bonchev–Trinajstić information content (AvgIpc) is 3.41. The van der Waals surface area contributed by atoms with E-state index in [9.17, 15) is 18.0 Å². The molecule has 0 fully saturated rings. The van der Waals surface area contributed by atoms with Crippen LogP contribution < -0.4 is 5.32 Å². The van der Waals surface area contributed by atoms with Crippen molar-refractivity contribution in [2.75, 3.05) is 12.8 Å². The number of aryl methyl sites for hydroxylation is 2. The number of carbonyl (C=O) groups is 2. The first-order valence-corrected chi connectivity index (χ1v) is 14.3.